The summed E-state index contributed by atoms with van der Waals surface area (Å²) >= 11 is 9.46. The van der Waals surface area contributed by atoms with Crippen LogP contribution in [0.4, 0.5) is 5.82 Å². The number of aromatic nitrogens is 2. The number of halogens is 1. The fourth-order valence-electron chi connectivity index (χ4n) is 2.30. The molecule has 2 atom stereocenters. The lowest BCUT2D eigenvalue weighted by atomic mass is 9.95. The molecule has 0 aliphatic heterocycles. The van der Waals surface area contributed by atoms with Gasteiger partial charge in [-0.3, -0.25) is 0 Å². The molecule has 100 valence electrons. The van der Waals surface area contributed by atoms with E-state index in [1.165, 1.54) is 37.4 Å². The first-order valence-corrected chi connectivity index (χ1v) is 9.00. The normalized spacial score (nSPS) is 23.9. The fraction of sp³-hybridized carbons (Fsp3) is 0.667. The van der Waals surface area contributed by atoms with Gasteiger partial charge in [0.2, 0.25) is 0 Å². The largest absolute Gasteiger partial charge is 0.366 e. The number of nitrogens with zero attached hydrogens (tertiary/aromatic N) is 2. The molecule has 0 radical (unpaired) electrons. The van der Waals surface area contributed by atoms with Crippen molar-refractivity contribution in [1.29, 1.82) is 0 Å². The summed E-state index contributed by atoms with van der Waals surface area (Å²) in [4.78, 5) is 8.62. The Hall–Kier alpha value is -0.130. The lowest BCUT2D eigenvalue weighted by Crippen LogP contribution is -2.34. The predicted molar refractivity (Wildman–Crippen MR) is 82.0 cm³/mol. The zero-order chi connectivity index (χ0) is 13.0. The molecule has 1 heterocycles. The number of hydrogen-bond donors (Lipinski definition) is 1. The maximum Gasteiger partial charge on any atom is 0.190 e. The van der Waals surface area contributed by atoms with Crippen LogP contribution < -0.4 is 5.32 Å². The zero-order valence-electron chi connectivity index (χ0n) is 10.6. The van der Waals surface area contributed by atoms with E-state index in [1.807, 2.05) is 24.1 Å². The third kappa shape index (κ3) is 3.68. The summed E-state index contributed by atoms with van der Waals surface area (Å²) in [6.45, 7) is 0. The zero-order valence-corrected chi connectivity index (χ0v) is 13.0. The third-order valence-electron chi connectivity index (χ3n) is 3.20. The molecule has 1 N–H and O–H groups in total. The highest BCUT2D eigenvalue weighted by Gasteiger charge is 2.24. The number of nitrogens with one attached hydrogen (secondary N) is 1. The third-order valence-corrected chi connectivity index (χ3v) is 5.11. The Kier molecular flexibility index (Phi) is 5.45. The highest BCUT2D eigenvalue weighted by atomic mass is 35.5. The lowest BCUT2D eigenvalue weighted by Gasteiger charge is -2.31. The summed E-state index contributed by atoms with van der Waals surface area (Å²) in [6, 6.07) is 2.31. The van der Waals surface area contributed by atoms with E-state index >= 15 is 0 Å². The molecule has 1 aromatic rings. The van der Waals surface area contributed by atoms with Gasteiger partial charge in [-0.15, -0.1) is 0 Å². The van der Waals surface area contributed by atoms with Crippen LogP contribution in [-0.2, 0) is 0 Å². The molecule has 1 aliphatic rings. The van der Waals surface area contributed by atoms with E-state index < -0.39 is 0 Å². The number of hydrogen-bond acceptors (Lipinski definition) is 5. The minimum atomic E-state index is 0.495. The second-order valence-electron chi connectivity index (χ2n) is 4.37. The molecule has 0 aromatic carbocycles. The molecule has 0 amide bonds. The summed E-state index contributed by atoms with van der Waals surface area (Å²) in [7, 11) is 0. The highest BCUT2D eigenvalue weighted by Crippen LogP contribution is 2.29. The summed E-state index contributed by atoms with van der Waals surface area (Å²) in [5, 5.41) is 5.43. The van der Waals surface area contributed by atoms with Gasteiger partial charge in [-0.05, 0) is 25.4 Å². The van der Waals surface area contributed by atoms with Crippen molar-refractivity contribution in [3.63, 3.8) is 0 Å². The Bertz CT molecular complexity index is 403. The molecule has 0 saturated heterocycles. The Balaban J connectivity index is 2.09. The van der Waals surface area contributed by atoms with Crippen LogP contribution in [0.3, 0.4) is 0 Å². The fourth-order valence-corrected chi connectivity index (χ4v) is 3.84. The van der Waals surface area contributed by atoms with Crippen molar-refractivity contribution in [3.05, 3.63) is 11.2 Å². The molecular weight excluding hydrogens is 286 g/mol. The Morgan fingerprint density at radius 1 is 1.28 bits per heavy atom. The Morgan fingerprint density at radius 2 is 2.06 bits per heavy atom. The average Bonchev–Trinajstić information content (AvgIpc) is 2.38. The van der Waals surface area contributed by atoms with Gasteiger partial charge >= 0.3 is 0 Å². The second kappa shape index (κ2) is 6.87. The van der Waals surface area contributed by atoms with Gasteiger partial charge in [-0.25, -0.2) is 9.97 Å². The van der Waals surface area contributed by atoms with E-state index in [4.69, 9.17) is 11.6 Å². The van der Waals surface area contributed by atoms with Gasteiger partial charge in [0.15, 0.2) is 5.16 Å². The van der Waals surface area contributed by atoms with E-state index in [-0.39, 0.29) is 0 Å². The standard InChI is InChI=1S/C12H18ClN3S2/c1-17-9-6-4-3-5-8(9)14-11-7-10(13)15-12(16-11)18-2/h7-9H,3-6H2,1-2H3,(H,14,15,16). The summed E-state index contributed by atoms with van der Waals surface area (Å²) in [6.07, 6.45) is 9.27. The van der Waals surface area contributed by atoms with Gasteiger partial charge < -0.3 is 5.32 Å². The molecule has 3 nitrogen and oxygen atoms in total. The van der Waals surface area contributed by atoms with Crippen molar-refractivity contribution in [3.8, 4) is 0 Å². The molecular formula is C12H18ClN3S2. The summed E-state index contributed by atoms with van der Waals surface area (Å²) in [5.74, 6) is 0.852. The van der Waals surface area contributed by atoms with Crippen LogP contribution in [0.1, 0.15) is 25.7 Å². The SMILES string of the molecule is CSc1nc(Cl)cc(NC2CCCCC2SC)n1. The number of anilines is 1. The van der Waals surface area contributed by atoms with Crippen LogP contribution in [0.2, 0.25) is 5.15 Å². The molecule has 1 aromatic heterocycles. The molecule has 1 fully saturated rings. The smallest absolute Gasteiger partial charge is 0.190 e. The minimum Gasteiger partial charge on any atom is -0.366 e. The van der Waals surface area contributed by atoms with Gasteiger partial charge in [0.05, 0.1) is 0 Å². The first-order valence-electron chi connectivity index (χ1n) is 6.11. The van der Waals surface area contributed by atoms with Crippen LogP contribution in [0.15, 0.2) is 11.2 Å². The Labute approximate surface area is 122 Å². The molecule has 2 unspecified atom stereocenters. The average molecular weight is 304 g/mol. The highest BCUT2D eigenvalue weighted by molar-refractivity contribution is 7.99. The molecule has 1 aliphatic carbocycles. The van der Waals surface area contributed by atoms with E-state index in [9.17, 15) is 0 Å². The first-order chi connectivity index (χ1) is 8.72. The van der Waals surface area contributed by atoms with E-state index in [2.05, 4.69) is 21.5 Å². The quantitative estimate of drug-likeness (QED) is 0.518. The van der Waals surface area contributed by atoms with Crippen molar-refractivity contribution >= 4 is 40.9 Å². The molecule has 1 saturated carbocycles. The Morgan fingerprint density at radius 3 is 2.78 bits per heavy atom. The van der Waals surface area contributed by atoms with E-state index in [0.29, 0.717) is 16.4 Å². The van der Waals surface area contributed by atoms with Crippen LogP contribution in [0.25, 0.3) is 0 Å². The molecule has 0 bridgehead atoms. The lowest BCUT2D eigenvalue weighted by molar-refractivity contribution is 0.474. The molecule has 6 heteroatoms. The molecule has 2 rings (SSSR count). The molecule has 18 heavy (non-hydrogen) atoms. The predicted octanol–water partition coefficient (Wildman–Crippen LogP) is 3.94. The second-order valence-corrected chi connectivity index (χ2v) is 6.61. The van der Waals surface area contributed by atoms with Crippen molar-refractivity contribution in [2.24, 2.45) is 0 Å². The maximum absolute atomic E-state index is 6.01. The summed E-state index contributed by atoms with van der Waals surface area (Å²) < 4.78 is 0. The first kappa shape index (κ1) is 14.3. The van der Waals surface area contributed by atoms with Crippen molar-refractivity contribution in [1.82, 2.24) is 9.97 Å². The van der Waals surface area contributed by atoms with E-state index in [0.717, 1.165) is 11.0 Å². The van der Waals surface area contributed by atoms with Crippen LogP contribution in [-0.4, -0.2) is 33.8 Å². The van der Waals surface area contributed by atoms with Gasteiger partial charge in [-0.2, -0.15) is 11.8 Å². The van der Waals surface area contributed by atoms with Gasteiger partial charge in [0, 0.05) is 17.4 Å². The molecule has 0 spiro atoms. The van der Waals surface area contributed by atoms with Gasteiger partial charge in [-0.1, -0.05) is 36.2 Å². The van der Waals surface area contributed by atoms with Crippen LogP contribution in [0, 0.1) is 0 Å². The van der Waals surface area contributed by atoms with Crippen molar-refractivity contribution < 1.29 is 0 Å². The minimum absolute atomic E-state index is 0.495. The van der Waals surface area contributed by atoms with Crippen molar-refractivity contribution in [2.45, 2.75) is 42.1 Å². The number of rotatable bonds is 4. The van der Waals surface area contributed by atoms with Crippen LogP contribution >= 0.6 is 35.1 Å². The summed E-state index contributed by atoms with van der Waals surface area (Å²) in [5.41, 5.74) is 0. The topological polar surface area (TPSA) is 37.8 Å². The van der Waals surface area contributed by atoms with Gasteiger partial charge in [0.25, 0.3) is 0 Å². The van der Waals surface area contributed by atoms with Crippen LogP contribution in [0.5, 0.6) is 0 Å². The van der Waals surface area contributed by atoms with Gasteiger partial charge in [0.1, 0.15) is 11.0 Å². The van der Waals surface area contributed by atoms with Crippen molar-refractivity contribution in [2.75, 3.05) is 17.8 Å². The monoisotopic (exact) mass is 303 g/mol. The number of thioether (sulfide) groups is 2. The van der Waals surface area contributed by atoms with E-state index in [1.54, 1.807) is 0 Å². The maximum atomic E-state index is 6.01.